The highest BCUT2D eigenvalue weighted by molar-refractivity contribution is 7.09. The summed E-state index contributed by atoms with van der Waals surface area (Å²) in [5.74, 6) is 5.72. The first kappa shape index (κ1) is 15.2. The van der Waals surface area contributed by atoms with Crippen LogP contribution in [0.15, 0.2) is 29.6 Å². The van der Waals surface area contributed by atoms with E-state index in [1.54, 1.807) is 5.38 Å². The van der Waals surface area contributed by atoms with Crippen molar-refractivity contribution in [1.29, 1.82) is 0 Å². The van der Waals surface area contributed by atoms with Gasteiger partial charge in [-0.05, 0) is 18.6 Å². The maximum Gasteiger partial charge on any atom is 0.271 e. The Balaban J connectivity index is 2.03. The minimum atomic E-state index is -0.183. The number of carbonyl (C=O) groups is 1. The number of aliphatic hydroxyl groups is 1. The lowest BCUT2D eigenvalue weighted by Gasteiger charge is -2.06. The molecule has 0 atom stereocenters. The molecule has 0 fully saturated rings. The van der Waals surface area contributed by atoms with E-state index < -0.39 is 0 Å². The van der Waals surface area contributed by atoms with Gasteiger partial charge in [-0.25, -0.2) is 4.98 Å². The number of rotatable bonds is 4. The van der Waals surface area contributed by atoms with Crippen molar-refractivity contribution in [2.24, 2.45) is 0 Å². The van der Waals surface area contributed by atoms with Crippen LogP contribution in [0.25, 0.3) is 0 Å². The highest BCUT2D eigenvalue weighted by Crippen LogP contribution is 2.10. The summed E-state index contributed by atoms with van der Waals surface area (Å²) < 4.78 is 0. The molecule has 1 aromatic heterocycles. The van der Waals surface area contributed by atoms with E-state index in [2.05, 4.69) is 22.1 Å². The molecule has 0 spiro atoms. The van der Waals surface area contributed by atoms with E-state index in [1.807, 2.05) is 31.2 Å². The number of nitrogens with zero attached hydrogens (tertiary/aromatic N) is 1. The molecular formula is C16H16N2O2S. The molecule has 0 saturated carbocycles. The molecule has 0 aliphatic rings. The number of aliphatic hydroxyl groups excluding tert-OH is 1. The zero-order valence-corrected chi connectivity index (χ0v) is 12.5. The van der Waals surface area contributed by atoms with Gasteiger partial charge in [0.15, 0.2) is 0 Å². The number of amides is 1. The van der Waals surface area contributed by atoms with Crippen LogP contribution in [0.5, 0.6) is 0 Å². The molecule has 5 heteroatoms. The second-order valence-corrected chi connectivity index (χ2v) is 5.43. The van der Waals surface area contributed by atoms with Gasteiger partial charge in [0.2, 0.25) is 0 Å². The third-order valence-electron chi connectivity index (χ3n) is 2.77. The van der Waals surface area contributed by atoms with E-state index in [-0.39, 0.29) is 12.5 Å². The summed E-state index contributed by atoms with van der Waals surface area (Å²) >= 11 is 1.45. The maximum absolute atomic E-state index is 12.0. The summed E-state index contributed by atoms with van der Waals surface area (Å²) in [5, 5.41) is 14.2. The molecule has 21 heavy (non-hydrogen) atoms. The average Bonchev–Trinajstić information content (AvgIpc) is 2.93. The van der Waals surface area contributed by atoms with Crippen molar-refractivity contribution >= 4 is 17.2 Å². The second kappa shape index (κ2) is 7.58. The van der Waals surface area contributed by atoms with E-state index in [0.717, 1.165) is 16.1 Å². The Morgan fingerprint density at radius 1 is 1.43 bits per heavy atom. The van der Waals surface area contributed by atoms with Crippen LogP contribution in [0.4, 0.5) is 0 Å². The summed E-state index contributed by atoms with van der Waals surface area (Å²) in [5.41, 5.74) is 2.25. The number of thiazole rings is 1. The van der Waals surface area contributed by atoms with E-state index in [0.29, 0.717) is 18.7 Å². The predicted molar refractivity (Wildman–Crippen MR) is 83.0 cm³/mol. The van der Waals surface area contributed by atoms with Gasteiger partial charge >= 0.3 is 0 Å². The van der Waals surface area contributed by atoms with Gasteiger partial charge in [0.25, 0.3) is 5.91 Å². The molecule has 0 radical (unpaired) electrons. The third kappa shape index (κ3) is 4.42. The van der Waals surface area contributed by atoms with Gasteiger partial charge < -0.3 is 10.4 Å². The molecule has 2 aromatic rings. The SMILES string of the molecule is Cc1nc(C(=O)NCc2ccccc2C#CCCO)cs1. The monoisotopic (exact) mass is 300 g/mol. The van der Waals surface area contributed by atoms with Crippen LogP contribution in [0.3, 0.4) is 0 Å². The van der Waals surface area contributed by atoms with Gasteiger partial charge in [-0.2, -0.15) is 0 Å². The first-order valence-electron chi connectivity index (χ1n) is 6.58. The van der Waals surface area contributed by atoms with Crippen LogP contribution in [-0.4, -0.2) is 22.6 Å². The summed E-state index contributed by atoms with van der Waals surface area (Å²) in [7, 11) is 0. The van der Waals surface area contributed by atoms with Crippen LogP contribution in [0, 0.1) is 18.8 Å². The molecular weight excluding hydrogens is 284 g/mol. The van der Waals surface area contributed by atoms with E-state index >= 15 is 0 Å². The molecule has 2 N–H and O–H groups in total. The highest BCUT2D eigenvalue weighted by Gasteiger charge is 2.09. The molecule has 0 unspecified atom stereocenters. The zero-order chi connectivity index (χ0) is 15.1. The minimum Gasteiger partial charge on any atom is -0.395 e. The lowest BCUT2D eigenvalue weighted by Crippen LogP contribution is -2.23. The Morgan fingerprint density at radius 2 is 2.24 bits per heavy atom. The topological polar surface area (TPSA) is 62.2 Å². The molecule has 0 aliphatic carbocycles. The summed E-state index contributed by atoms with van der Waals surface area (Å²) in [6, 6.07) is 7.64. The molecule has 1 aromatic carbocycles. The number of aromatic nitrogens is 1. The largest absolute Gasteiger partial charge is 0.395 e. The van der Waals surface area contributed by atoms with Crippen molar-refractivity contribution < 1.29 is 9.90 Å². The standard InChI is InChI=1S/C16H16N2O2S/c1-12-18-15(11-21-12)16(20)17-10-14-8-3-2-6-13(14)7-4-5-9-19/h2-3,6,8,11,19H,5,9-10H2,1H3,(H,17,20). The number of nitrogens with one attached hydrogen (secondary N) is 1. The van der Waals surface area contributed by atoms with Crippen molar-refractivity contribution in [1.82, 2.24) is 10.3 Å². The van der Waals surface area contributed by atoms with Crippen molar-refractivity contribution in [3.8, 4) is 11.8 Å². The Bertz CT molecular complexity index is 683. The fourth-order valence-corrected chi connectivity index (χ4v) is 2.34. The number of aryl methyl sites for hydroxylation is 1. The van der Waals surface area contributed by atoms with Crippen molar-refractivity contribution in [3.63, 3.8) is 0 Å². The van der Waals surface area contributed by atoms with Gasteiger partial charge in [-0.15, -0.1) is 11.3 Å². The maximum atomic E-state index is 12.0. The fourth-order valence-electron chi connectivity index (χ4n) is 1.74. The van der Waals surface area contributed by atoms with Gasteiger partial charge in [0.1, 0.15) is 5.69 Å². The minimum absolute atomic E-state index is 0.0507. The van der Waals surface area contributed by atoms with Crippen LogP contribution < -0.4 is 5.32 Å². The van der Waals surface area contributed by atoms with E-state index in [9.17, 15) is 4.79 Å². The lowest BCUT2D eigenvalue weighted by atomic mass is 10.1. The molecule has 1 amide bonds. The third-order valence-corrected chi connectivity index (χ3v) is 3.54. The highest BCUT2D eigenvalue weighted by atomic mass is 32.1. The molecule has 108 valence electrons. The van der Waals surface area contributed by atoms with Gasteiger partial charge in [-0.3, -0.25) is 4.79 Å². The van der Waals surface area contributed by atoms with Crippen LogP contribution in [-0.2, 0) is 6.54 Å². The smallest absolute Gasteiger partial charge is 0.271 e. The Kier molecular flexibility index (Phi) is 5.50. The van der Waals surface area contributed by atoms with Crippen LogP contribution in [0.2, 0.25) is 0 Å². The molecule has 0 saturated heterocycles. The molecule has 2 rings (SSSR count). The number of carbonyl (C=O) groups excluding carboxylic acids is 1. The summed E-state index contributed by atoms with van der Waals surface area (Å²) in [6.45, 7) is 2.32. The molecule has 1 heterocycles. The van der Waals surface area contributed by atoms with Gasteiger partial charge in [0, 0.05) is 23.9 Å². The quantitative estimate of drug-likeness (QED) is 0.850. The first-order chi connectivity index (χ1) is 10.2. The normalized spacial score (nSPS) is 9.81. The Labute approximate surface area is 127 Å². The van der Waals surface area contributed by atoms with Crippen molar-refractivity contribution in [2.45, 2.75) is 19.9 Å². The second-order valence-electron chi connectivity index (χ2n) is 4.37. The molecule has 0 bridgehead atoms. The van der Waals surface area contributed by atoms with Crippen molar-refractivity contribution in [3.05, 3.63) is 51.5 Å². The number of hydrogen-bond donors (Lipinski definition) is 2. The lowest BCUT2D eigenvalue weighted by molar-refractivity contribution is 0.0946. The summed E-state index contributed by atoms with van der Waals surface area (Å²) in [4.78, 5) is 16.1. The first-order valence-corrected chi connectivity index (χ1v) is 7.46. The van der Waals surface area contributed by atoms with Gasteiger partial charge in [0.05, 0.1) is 11.6 Å². The predicted octanol–water partition coefficient (Wildman–Crippen LogP) is 2.12. The summed E-state index contributed by atoms with van der Waals surface area (Å²) in [6.07, 6.45) is 0.443. The van der Waals surface area contributed by atoms with Gasteiger partial charge in [-0.1, -0.05) is 30.0 Å². The van der Waals surface area contributed by atoms with E-state index in [1.165, 1.54) is 11.3 Å². The van der Waals surface area contributed by atoms with Crippen LogP contribution in [0.1, 0.15) is 33.0 Å². The Hall–Kier alpha value is -2.16. The van der Waals surface area contributed by atoms with E-state index in [4.69, 9.17) is 5.11 Å². The fraction of sp³-hybridized carbons (Fsp3) is 0.250. The number of benzene rings is 1. The van der Waals surface area contributed by atoms with Crippen molar-refractivity contribution in [2.75, 3.05) is 6.61 Å². The van der Waals surface area contributed by atoms with Crippen LogP contribution >= 0.6 is 11.3 Å². The average molecular weight is 300 g/mol. The Morgan fingerprint density at radius 3 is 2.95 bits per heavy atom. The molecule has 4 nitrogen and oxygen atoms in total. The molecule has 0 aliphatic heterocycles. The number of hydrogen-bond acceptors (Lipinski definition) is 4. The zero-order valence-electron chi connectivity index (χ0n) is 11.7.